The molecule has 96 valence electrons. The maximum absolute atomic E-state index is 3.92. The van der Waals surface area contributed by atoms with E-state index in [4.69, 9.17) is 0 Å². The normalized spacial score (nSPS) is 44.9. The van der Waals surface area contributed by atoms with Crippen LogP contribution < -0.4 is 5.32 Å². The highest BCUT2D eigenvalue weighted by Crippen LogP contribution is 2.57. The fourth-order valence-electron chi connectivity index (χ4n) is 5.19. The highest BCUT2D eigenvalue weighted by Gasteiger charge is 2.49. The monoisotopic (exact) mass is 297 g/mol. The maximum Gasteiger partial charge on any atom is 0.0268 e. The van der Waals surface area contributed by atoms with Crippen molar-refractivity contribution in [1.82, 2.24) is 5.32 Å². The zero-order valence-electron chi connectivity index (χ0n) is 10.8. The van der Waals surface area contributed by atoms with E-state index in [1.807, 2.05) is 0 Å². The van der Waals surface area contributed by atoms with Crippen LogP contribution in [0.3, 0.4) is 0 Å². The Bertz CT molecular complexity index is 284. The molecular weight excluding hydrogens is 274 g/mol. The Kier molecular flexibility index (Phi) is 3.38. The molecule has 0 aromatic rings. The van der Waals surface area contributed by atoms with Gasteiger partial charge in [0.25, 0.3) is 0 Å². The van der Waals surface area contributed by atoms with Gasteiger partial charge in [-0.2, -0.15) is 0 Å². The van der Waals surface area contributed by atoms with Gasteiger partial charge in [-0.3, -0.25) is 0 Å². The summed E-state index contributed by atoms with van der Waals surface area (Å²) in [5.41, 5.74) is 0. The van der Waals surface area contributed by atoms with Crippen molar-refractivity contribution in [2.75, 3.05) is 6.54 Å². The molecule has 0 saturated heterocycles. The number of hydrogen-bond acceptors (Lipinski definition) is 1. The molecule has 17 heavy (non-hydrogen) atoms. The summed E-state index contributed by atoms with van der Waals surface area (Å²) >= 11 is 3.45. The van der Waals surface area contributed by atoms with Crippen molar-refractivity contribution in [3.8, 4) is 0 Å². The maximum atomic E-state index is 3.92. The van der Waals surface area contributed by atoms with Crippen molar-refractivity contribution in [3.63, 3.8) is 0 Å². The average Bonchev–Trinajstić information content (AvgIpc) is 2.24. The third-order valence-corrected chi connectivity index (χ3v) is 5.77. The number of hydrogen-bond donors (Lipinski definition) is 1. The Labute approximate surface area is 114 Å². The molecular formula is C15H24BrN. The van der Waals surface area contributed by atoms with E-state index in [2.05, 4.69) is 34.7 Å². The van der Waals surface area contributed by atoms with Crippen LogP contribution in [0.2, 0.25) is 0 Å². The summed E-state index contributed by atoms with van der Waals surface area (Å²) in [5, 5.41) is 3.66. The van der Waals surface area contributed by atoms with Crippen LogP contribution in [0.1, 0.15) is 39.0 Å². The van der Waals surface area contributed by atoms with Gasteiger partial charge in [0.2, 0.25) is 0 Å². The predicted molar refractivity (Wildman–Crippen MR) is 76.1 cm³/mol. The van der Waals surface area contributed by atoms with E-state index in [0.717, 1.165) is 40.6 Å². The van der Waals surface area contributed by atoms with E-state index in [1.165, 1.54) is 25.7 Å². The van der Waals surface area contributed by atoms with Gasteiger partial charge in [-0.1, -0.05) is 22.5 Å². The van der Waals surface area contributed by atoms with Gasteiger partial charge in [0.15, 0.2) is 0 Å². The molecule has 0 aliphatic heterocycles. The minimum atomic E-state index is 0.666. The van der Waals surface area contributed by atoms with E-state index < -0.39 is 0 Å². The summed E-state index contributed by atoms with van der Waals surface area (Å²) in [7, 11) is 0. The van der Waals surface area contributed by atoms with Crippen LogP contribution in [0, 0.1) is 29.6 Å². The first kappa shape index (κ1) is 12.2. The third kappa shape index (κ3) is 2.35. The molecule has 4 fully saturated rings. The smallest absolute Gasteiger partial charge is 0.0268 e. The molecule has 0 radical (unpaired) electrons. The van der Waals surface area contributed by atoms with Gasteiger partial charge >= 0.3 is 0 Å². The standard InChI is InChI=1S/C15H24BrN/c1-9(16)8-17-10(2)15-13-4-11-3-12(6-13)7-14(15)5-11/h10-15,17H,1,3-8H2,2H3. The molecule has 0 amide bonds. The molecule has 0 spiro atoms. The number of halogens is 1. The highest BCUT2D eigenvalue weighted by atomic mass is 79.9. The molecule has 1 N–H and O–H groups in total. The topological polar surface area (TPSA) is 12.0 Å². The van der Waals surface area contributed by atoms with E-state index >= 15 is 0 Å². The van der Waals surface area contributed by atoms with Crippen molar-refractivity contribution in [1.29, 1.82) is 0 Å². The predicted octanol–water partition coefficient (Wildman–Crippen LogP) is 3.95. The first-order valence-corrected chi connectivity index (χ1v) is 7.99. The second-order valence-corrected chi connectivity index (χ2v) is 7.82. The molecule has 4 rings (SSSR count). The van der Waals surface area contributed by atoms with E-state index in [-0.39, 0.29) is 0 Å². The zero-order chi connectivity index (χ0) is 12.0. The van der Waals surface area contributed by atoms with Gasteiger partial charge in [-0.25, -0.2) is 0 Å². The van der Waals surface area contributed by atoms with Gasteiger partial charge in [0, 0.05) is 17.1 Å². The molecule has 0 heterocycles. The fraction of sp³-hybridized carbons (Fsp3) is 0.867. The largest absolute Gasteiger partial charge is 0.309 e. The van der Waals surface area contributed by atoms with Crippen LogP contribution in [0.4, 0.5) is 0 Å². The molecule has 2 heteroatoms. The van der Waals surface area contributed by atoms with Gasteiger partial charge in [-0.05, 0) is 68.6 Å². The van der Waals surface area contributed by atoms with Gasteiger partial charge < -0.3 is 5.32 Å². The molecule has 0 aromatic carbocycles. The minimum Gasteiger partial charge on any atom is -0.309 e. The van der Waals surface area contributed by atoms with Gasteiger partial charge in [0.1, 0.15) is 0 Å². The van der Waals surface area contributed by atoms with Gasteiger partial charge in [0.05, 0.1) is 0 Å². The van der Waals surface area contributed by atoms with Crippen molar-refractivity contribution in [3.05, 3.63) is 11.1 Å². The molecule has 4 aliphatic carbocycles. The molecule has 1 nitrogen and oxygen atoms in total. The summed E-state index contributed by atoms with van der Waals surface area (Å²) in [5.74, 6) is 5.17. The lowest BCUT2D eigenvalue weighted by atomic mass is 9.50. The summed E-state index contributed by atoms with van der Waals surface area (Å²) in [6, 6.07) is 0.666. The lowest BCUT2D eigenvalue weighted by Gasteiger charge is -2.56. The first-order chi connectivity index (χ1) is 8.13. The van der Waals surface area contributed by atoms with Crippen molar-refractivity contribution in [2.24, 2.45) is 29.6 Å². The number of rotatable bonds is 4. The summed E-state index contributed by atoms with van der Waals surface area (Å²) in [6.45, 7) is 7.23. The van der Waals surface area contributed by atoms with E-state index in [0.29, 0.717) is 6.04 Å². The van der Waals surface area contributed by atoms with Crippen LogP contribution >= 0.6 is 15.9 Å². The number of nitrogens with one attached hydrogen (secondary N) is 1. The van der Waals surface area contributed by atoms with E-state index in [9.17, 15) is 0 Å². The van der Waals surface area contributed by atoms with Crippen LogP contribution in [-0.4, -0.2) is 12.6 Å². The van der Waals surface area contributed by atoms with Crippen LogP contribution in [0.25, 0.3) is 0 Å². The molecule has 1 atom stereocenters. The quantitative estimate of drug-likeness (QED) is 0.829. The second kappa shape index (κ2) is 4.70. The van der Waals surface area contributed by atoms with Crippen LogP contribution in [0.5, 0.6) is 0 Å². The van der Waals surface area contributed by atoms with Crippen LogP contribution in [0.15, 0.2) is 11.1 Å². The summed E-state index contributed by atoms with van der Waals surface area (Å²) in [4.78, 5) is 0. The fourth-order valence-corrected chi connectivity index (χ4v) is 5.35. The minimum absolute atomic E-state index is 0.666. The Morgan fingerprint density at radius 1 is 1.18 bits per heavy atom. The van der Waals surface area contributed by atoms with Crippen molar-refractivity contribution in [2.45, 2.75) is 45.1 Å². The van der Waals surface area contributed by atoms with Crippen molar-refractivity contribution >= 4 is 15.9 Å². The zero-order valence-corrected chi connectivity index (χ0v) is 12.4. The molecule has 4 saturated carbocycles. The molecule has 4 bridgehead atoms. The van der Waals surface area contributed by atoms with Crippen LogP contribution in [-0.2, 0) is 0 Å². The lowest BCUT2D eigenvalue weighted by Crippen LogP contribution is -2.52. The molecule has 0 aromatic heterocycles. The highest BCUT2D eigenvalue weighted by molar-refractivity contribution is 9.11. The Hall–Kier alpha value is 0.180. The Balaban J connectivity index is 1.65. The summed E-state index contributed by atoms with van der Waals surface area (Å²) < 4.78 is 1.08. The van der Waals surface area contributed by atoms with E-state index in [1.54, 1.807) is 6.42 Å². The second-order valence-electron chi connectivity index (χ2n) is 6.69. The Morgan fingerprint density at radius 2 is 1.71 bits per heavy atom. The first-order valence-electron chi connectivity index (χ1n) is 7.20. The Morgan fingerprint density at radius 3 is 2.18 bits per heavy atom. The van der Waals surface area contributed by atoms with Gasteiger partial charge in [-0.15, -0.1) is 0 Å². The summed E-state index contributed by atoms with van der Waals surface area (Å²) in [6.07, 6.45) is 7.66. The molecule has 4 aliphatic rings. The SMILES string of the molecule is C=C(Br)CNC(C)C1C2CC3CC(C2)CC1C3. The molecule has 1 unspecified atom stereocenters. The van der Waals surface area contributed by atoms with Crippen molar-refractivity contribution < 1.29 is 0 Å². The third-order valence-electron chi connectivity index (χ3n) is 5.49. The lowest BCUT2D eigenvalue weighted by molar-refractivity contribution is -0.0487. The average molecular weight is 298 g/mol.